The Morgan fingerprint density at radius 2 is 2.10 bits per heavy atom. The number of nitrogens with two attached hydrogens (primary N) is 1. The van der Waals surface area contributed by atoms with E-state index < -0.39 is 6.10 Å². The highest BCUT2D eigenvalue weighted by Crippen LogP contribution is 2.15. The van der Waals surface area contributed by atoms with Gasteiger partial charge in [0, 0.05) is 26.2 Å². The largest absolute Gasteiger partial charge is 0.396 e. The van der Waals surface area contributed by atoms with E-state index in [0.717, 1.165) is 24.4 Å². The van der Waals surface area contributed by atoms with Crippen LogP contribution in [-0.4, -0.2) is 58.7 Å². The molecule has 2 unspecified atom stereocenters. The van der Waals surface area contributed by atoms with Crippen molar-refractivity contribution in [1.29, 1.82) is 0 Å². The van der Waals surface area contributed by atoms with E-state index >= 15 is 0 Å². The summed E-state index contributed by atoms with van der Waals surface area (Å²) >= 11 is 0. The minimum Gasteiger partial charge on any atom is -0.396 e. The van der Waals surface area contributed by atoms with Crippen molar-refractivity contribution in [2.75, 3.05) is 32.5 Å². The second kappa shape index (κ2) is 8.36. The van der Waals surface area contributed by atoms with Gasteiger partial charge in [-0.15, -0.1) is 0 Å². The molecule has 0 saturated carbocycles. The van der Waals surface area contributed by atoms with Crippen molar-refractivity contribution in [1.82, 2.24) is 14.7 Å². The van der Waals surface area contributed by atoms with Gasteiger partial charge in [0.05, 0.1) is 36.3 Å². The molecule has 2 atom stereocenters. The lowest BCUT2D eigenvalue weighted by atomic mass is 10.2. The second-order valence-electron chi connectivity index (χ2n) is 5.67. The summed E-state index contributed by atoms with van der Waals surface area (Å²) in [6.07, 6.45) is 0.566. The smallest absolute Gasteiger partial charge is 0.0862 e. The summed E-state index contributed by atoms with van der Waals surface area (Å²) in [5.41, 5.74) is 8.36. The molecule has 0 aliphatic rings. The van der Waals surface area contributed by atoms with E-state index in [0.29, 0.717) is 31.4 Å². The van der Waals surface area contributed by atoms with Crippen molar-refractivity contribution >= 4 is 5.69 Å². The molecule has 1 aromatic rings. The minimum atomic E-state index is -0.478. The molecule has 3 N–H and O–H groups in total. The molecule has 21 heavy (non-hydrogen) atoms. The van der Waals surface area contributed by atoms with Gasteiger partial charge in [-0.1, -0.05) is 6.92 Å². The Labute approximate surface area is 127 Å². The first-order chi connectivity index (χ1) is 9.90. The Morgan fingerprint density at radius 3 is 2.57 bits per heavy atom. The van der Waals surface area contributed by atoms with Crippen LogP contribution in [0.1, 0.15) is 31.7 Å². The van der Waals surface area contributed by atoms with Gasteiger partial charge in [-0.2, -0.15) is 5.10 Å². The topological polar surface area (TPSA) is 76.5 Å². The lowest BCUT2D eigenvalue weighted by Gasteiger charge is -2.30. The third kappa shape index (κ3) is 4.98. The molecule has 0 aromatic carbocycles. The Kier molecular flexibility index (Phi) is 7.14. The molecular weight excluding hydrogens is 268 g/mol. The van der Waals surface area contributed by atoms with Crippen molar-refractivity contribution in [2.24, 2.45) is 0 Å². The van der Waals surface area contributed by atoms with Crippen LogP contribution in [0.2, 0.25) is 0 Å². The Morgan fingerprint density at radius 1 is 1.43 bits per heavy atom. The third-order valence-electron chi connectivity index (χ3n) is 4.06. The summed E-state index contributed by atoms with van der Waals surface area (Å²) < 4.78 is 6.94. The molecule has 0 saturated heterocycles. The summed E-state index contributed by atoms with van der Waals surface area (Å²) in [5, 5.41) is 14.7. The van der Waals surface area contributed by atoms with E-state index in [1.165, 1.54) is 0 Å². The molecule has 122 valence electrons. The molecule has 6 heteroatoms. The molecule has 0 aliphatic carbocycles. The first-order valence-corrected chi connectivity index (χ1v) is 7.61. The first kappa shape index (κ1) is 17.9. The monoisotopic (exact) mass is 298 g/mol. The molecular formula is C15H30N4O2. The summed E-state index contributed by atoms with van der Waals surface area (Å²) in [5.74, 6) is 0. The van der Waals surface area contributed by atoms with Crippen molar-refractivity contribution in [3.05, 3.63) is 11.4 Å². The number of aryl methyl sites for hydroxylation is 1. The second-order valence-corrected chi connectivity index (χ2v) is 5.67. The molecule has 0 fully saturated rings. The zero-order chi connectivity index (χ0) is 16.0. The molecule has 0 aliphatic heterocycles. The number of hydrogen-bond donors (Lipinski definition) is 2. The highest BCUT2D eigenvalue weighted by Gasteiger charge is 2.18. The average molecular weight is 298 g/mol. The molecule has 0 radical (unpaired) electrons. The van der Waals surface area contributed by atoms with Crippen molar-refractivity contribution in [3.63, 3.8) is 0 Å². The summed E-state index contributed by atoms with van der Waals surface area (Å²) in [6, 6.07) is 0.417. The van der Waals surface area contributed by atoms with Gasteiger partial charge in [-0.05, 0) is 27.2 Å². The van der Waals surface area contributed by atoms with E-state index in [1.54, 1.807) is 11.8 Å². The SMILES string of the molecule is CCC(C)N(CCOC)CC(O)Cn1nc(C)c(N)c1C. The van der Waals surface area contributed by atoms with Crippen LogP contribution in [0.5, 0.6) is 0 Å². The third-order valence-corrected chi connectivity index (χ3v) is 4.06. The number of nitrogen functional groups attached to an aromatic ring is 1. The van der Waals surface area contributed by atoms with Crippen LogP contribution in [0.25, 0.3) is 0 Å². The van der Waals surface area contributed by atoms with Crippen LogP contribution in [0.4, 0.5) is 5.69 Å². The lowest BCUT2D eigenvalue weighted by molar-refractivity contribution is 0.0569. The molecule has 0 bridgehead atoms. The lowest BCUT2D eigenvalue weighted by Crippen LogP contribution is -2.42. The van der Waals surface area contributed by atoms with Gasteiger partial charge in [0.2, 0.25) is 0 Å². The van der Waals surface area contributed by atoms with Crippen molar-refractivity contribution in [2.45, 2.75) is 52.8 Å². The Bertz CT molecular complexity index is 434. The van der Waals surface area contributed by atoms with Crippen LogP contribution in [-0.2, 0) is 11.3 Å². The minimum absolute atomic E-state index is 0.417. The highest BCUT2D eigenvalue weighted by atomic mass is 16.5. The fraction of sp³-hybridized carbons (Fsp3) is 0.800. The number of aliphatic hydroxyl groups is 1. The van der Waals surface area contributed by atoms with Crippen LogP contribution >= 0.6 is 0 Å². The van der Waals surface area contributed by atoms with E-state index in [9.17, 15) is 5.11 Å². The predicted molar refractivity (Wildman–Crippen MR) is 85.3 cm³/mol. The van der Waals surface area contributed by atoms with E-state index in [2.05, 4.69) is 23.8 Å². The molecule has 0 amide bonds. The summed E-state index contributed by atoms with van der Waals surface area (Å²) in [7, 11) is 1.70. The van der Waals surface area contributed by atoms with Gasteiger partial charge in [0.15, 0.2) is 0 Å². The number of methoxy groups -OCH3 is 1. The molecule has 1 rings (SSSR count). The standard InChI is InChI=1S/C15H30N4O2/c1-6-11(2)18(7-8-21-5)9-14(20)10-19-13(4)15(16)12(3)17-19/h11,14,20H,6-10,16H2,1-5H3. The zero-order valence-corrected chi connectivity index (χ0v) is 14.0. The number of hydrogen-bond acceptors (Lipinski definition) is 5. The first-order valence-electron chi connectivity index (χ1n) is 7.61. The fourth-order valence-corrected chi connectivity index (χ4v) is 2.37. The molecule has 1 heterocycles. The van der Waals surface area contributed by atoms with Gasteiger partial charge in [0.1, 0.15) is 0 Å². The van der Waals surface area contributed by atoms with Gasteiger partial charge in [-0.25, -0.2) is 0 Å². The van der Waals surface area contributed by atoms with E-state index in [4.69, 9.17) is 10.5 Å². The Balaban J connectivity index is 2.64. The number of aromatic nitrogens is 2. The van der Waals surface area contributed by atoms with Gasteiger partial charge in [0.25, 0.3) is 0 Å². The number of anilines is 1. The molecule has 6 nitrogen and oxygen atoms in total. The van der Waals surface area contributed by atoms with Crippen molar-refractivity contribution in [3.8, 4) is 0 Å². The van der Waals surface area contributed by atoms with Crippen LogP contribution < -0.4 is 5.73 Å². The maximum atomic E-state index is 10.4. The van der Waals surface area contributed by atoms with Crippen molar-refractivity contribution < 1.29 is 9.84 Å². The number of rotatable bonds is 9. The maximum absolute atomic E-state index is 10.4. The Hall–Kier alpha value is -1.11. The summed E-state index contributed by atoms with van der Waals surface area (Å²) in [4.78, 5) is 2.25. The number of ether oxygens (including phenoxy) is 1. The normalized spacial score (nSPS) is 14.6. The van der Waals surface area contributed by atoms with E-state index in [-0.39, 0.29) is 0 Å². The summed E-state index contributed by atoms with van der Waals surface area (Å²) in [6.45, 7) is 10.7. The maximum Gasteiger partial charge on any atom is 0.0862 e. The predicted octanol–water partition coefficient (Wildman–Crippen LogP) is 1.19. The van der Waals surface area contributed by atoms with Crippen LogP contribution in [0, 0.1) is 13.8 Å². The van der Waals surface area contributed by atoms with Crippen LogP contribution in [0.15, 0.2) is 0 Å². The van der Waals surface area contributed by atoms with Gasteiger partial charge in [-0.3, -0.25) is 9.58 Å². The average Bonchev–Trinajstić information content (AvgIpc) is 2.69. The van der Waals surface area contributed by atoms with Gasteiger partial charge < -0.3 is 15.6 Å². The van der Waals surface area contributed by atoms with Crippen LogP contribution in [0.3, 0.4) is 0 Å². The molecule has 0 spiro atoms. The number of nitrogens with zero attached hydrogens (tertiary/aromatic N) is 3. The molecule has 1 aromatic heterocycles. The van der Waals surface area contributed by atoms with E-state index in [1.807, 2.05) is 13.8 Å². The zero-order valence-electron chi connectivity index (χ0n) is 14.0. The fourth-order valence-electron chi connectivity index (χ4n) is 2.37. The highest BCUT2D eigenvalue weighted by molar-refractivity contribution is 5.46. The van der Waals surface area contributed by atoms with Gasteiger partial charge >= 0.3 is 0 Å². The quantitative estimate of drug-likeness (QED) is 0.716. The number of aliphatic hydroxyl groups excluding tert-OH is 1.